The molecule has 0 bridgehead atoms. The highest BCUT2D eigenvalue weighted by Crippen LogP contribution is 2.25. The van der Waals surface area contributed by atoms with E-state index >= 15 is 0 Å². The van der Waals surface area contributed by atoms with Gasteiger partial charge in [-0.1, -0.05) is 6.42 Å². The fourth-order valence-corrected chi connectivity index (χ4v) is 3.73. The Morgan fingerprint density at radius 3 is 2.71 bits per heavy atom. The first-order chi connectivity index (χ1) is 11.5. The standard InChI is InChI=1S/C19H25N5/c1-13(2)24-14(3)10-16(15(24)4)11-17(12-20)19-22-21-18-8-6-5-7-9-23(18)19/h10-11,13H,5-9H2,1-4H3/b17-11+. The van der Waals surface area contributed by atoms with Gasteiger partial charge in [0.1, 0.15) is 11.9 Å². The average Bonchev–Trinajstić information content (AvgIpc) is 2.95. The molecular weight excluding hydrogens is 298 g/mol. The summed E-state index contributed by atoms with van der Waals surface area (Å²) in [5.41, 5.74) is 4.08. The van der Waals surface area contributed by atoms with Crippen LogP contribution in [0, 0.1) is 25.2 Å². The second-order valence-electron chi connectivity index (χ2n) is 6.86. The second-order valence-corrected chi connectivity index (χ2v) is 6.86. The number of aryl methyl sites for hydroxylation is 2. The van der Waals surface area contributed by atoms with E-state index in [1.807, 2.05) is 6.08 Å². The fraction of sp³-hybridized carbons (Fsp3) is 0.526. The molecule has 2 aromatic heterocycles. The van der Waals surface area contributed by atoms with Gasteiger partial charge in [-0.25, -0.2) is 0 Å². The summed E-state index contributed by atoms with van der Waals surface area (Å²) in [6.45, 7) is 9.48. The van der Waals surface area contributed by atoms with Crippen molar-refractivity contribution in [1.29, 1.82) is 5.26 Å². The zero-order valence-corrected chi connectivity index (χ0v) is 15.0. The number of hydrogen-bond donors (Lipinski definition) is 0. The minimum atomic E-state index is 0.405. The lowest BCUT2D eigenvalue weighted by atomic mass is 10.1. The van der Waals surface area contributed by atoms with Crippen molar-refractivity contribution in [2.45, 2.75) is 66.0 Å². The van der Waals surface area contributed by atoms with Crippen LogP contribution in [0.3, 0.4) is 0 Å². The van der Waals surface area contributed by atoms with Gasteiger partial charge < -0.3 is 9.13 Å². The third-order valence-corrected chi connectivity index (χ3v) is 4.81. The molecule has 3 heterocycles. The quantitative estimate of drug-likeness (QED) is 0.800. The Balaban J connectivity index is 2.05. The van der Waals surface area contributed by atoms with Crippen LogP contribution < -0.4 is 0 Å². The number of hydrogen-bond acceptors (Lipinski definition) is 3. The normalized spacial score (nSPS) is 15.2. The number of allylic oxidation sites excluding steroid dienone is 1. The highest BCUT2D eigenvalue weighted by atomic mass is 15.3. The van der Waals surface area contributed by atoms with Crippen LogP contribution >= 0.6 is 0 Å². The zero-order valence-electron chi connectivity index (χ0n) is 15.0. The van der Waals surface area contributed by atoms with Crippen molar-refractivity contribution < 1.29 is 0 Å². The molecule has 3 rings (SSSR count). The van der Waals surface area contributed by atoms with Crippen molar-refractivity contribution in [3.05, 3.63) is 34.7 Å². The molecule has 1 aliphatic rings. The molecule has 126 valence electrons. The Morgan fingerprint density at radius 1 is 1.25 bits per heavy atom. The van der Waals surface area contributed by atoms with Crippen molar-refractivity contribution in [1.82, 2.24) is 19.3 Å². The number of nitrogens with zero attached hydrogens (tertiary/aromatic N) is 5. The van der Waals surface area contributed by atoms with Gasteiger partial charge >= 0.3 is 0 Å². The van der Waals surface area contributed by atoms with E-state index in [0.29, 0.717) is 17.4 Å². The SMILES string of the molecule is Cc1cc(/C=C(\C#N)c2nnc3n2CCCCC3)c(C)n1C(C)C. The molecule has 0 aliphatic carbocycles. The molecule has 0 saturated heterocycles. The highest BCUT2D eigenvalue weighted by Gasteiger charge is 2.18. The molecule has 0 N–H and O–H groups in total. The lowest BCUT2D eigenvalue weighted by molar-refractivity contribution is 0.574. The van der Waals surface area contributed by atoms with Crippen LogP contribution in [0.2, 0.25) is 0 Å². The summed E-state index contributed by atoms with van der Waals surface area (Å²) in [4.78, 5) is 0. The van der Waals surface area contributed by atoms with E-state index in [4.69, 9.17) is 0 Å². The van der Waals surface area contributed by atoms with Crippen molar-refractivity contribution in [2.75, 3.05) is 0 Å². The minimum absolute atomic E-state index is 0.405. The number of fused-ring (bicyclic) bond motifs is 1. The smallest absolute Gasteiger partial charge is 0.174 e. The molecule has 0 saturated carbocycles. The third-order valence-electron chi connectivity index (χ3n) is 4.81. The molecule has 5 heteroatoms. The lowest BCUT2D eigenvalue weighted by Gasteiger charge is -2.13. The largest absolute Gasteiger partial charge is 0.346 e. The van der Waals surface area contributed by atoms with Crippen molar-refractivity contribution in [3.63, 3.8) is 0 Å². The second kappa shape index (κ2) is 6.64. The van der Waals surface area contributed by atoms with Crippen LogP contribution in [0.4, 0.5) is 0 Å². The molecule has 5 nitrogen and oxygen atoms in total. The Morgan fingerprint density at radius 2 is 2.04 bits per heavy atom. The predicted molar refractivity (Wildman–Crippen MR) is 95.4 cm³/mol. The molecule has 1 aliphatic heterocycles. The zero-order chi connectivity index (χ0) is 17.3. The summed E-state index contributed by atoms with van der Waals surface area (Å²) >= 11 is 0. The maximum atomic E-state index is 9.70. The van der Waals surface area contributed by atoms with E-state index in [1.165, 1.54) is 17.8 Å². The van der Waals surface area contributed by atoms with Gasteiger partial charge in [-0.2, -0.15) is 5.26 Å². The summed E-state index contributed by atoms with van der Waals surface area (Å²) in [6, 6.07) is 4.89. The van der Waals surface area contributed by atoms with Crippen molar-refractivity contribution in [3.8, 4) is 6.07 Å². The maximum absolute atomic E-state index is 9.70. The molecule has 24 heavy (non-hydrogen) atoms. The molecule has 0 atom stereocenters. The Labute approximate surface area is 143 Å². The summed E-state index contributed by atoms with van der Waals surface area (Å²) < 4.78 is 4.43. The monoisotopic (exact) mass is 323 g/mol. The Bertz CT molecular complexity index is 814. The van der Waals surface area contributed by atoms with Gasteiger partial charge in [0.25, 0.3) is 0 Å². The molecule has 0 unspecified atom stereocenters. The first-order valence-electron chi connectivity index (χ1n) is 8.75. The van der Waals surface area contributed by atoms with Gasteiger partial charge in [0, 0.05) is 30.4 Å². The number of rotatable bonds is 3. The van der Waals surface area contributed by atoms with E-state index in [2.05, 4.69) is 59.2 Å². The minimum Gasteiger partial charge on any atom is -0.346 e. The number of aromatic nitrogens is 4. The lowest BCUT2D eigenvalue weighted by Crippen LogP contribution is -2.05. The van der Waals surface area contributed by atoms with Gasteiger partial charge in [-0.05, 0) is 58.2 Å². The highest BCUT2D eigenvalue weighted by molar-refractivity contribution is 5.87. The van der Waals surface area contributed by atoms with Crippen molar-refractivity contribution >= 4 is 11.6 Å². The van der Waals surface area contributed by atoms with Crippen LogP contribution in [0.5, 0.6) is 0 Å². The molecule has 0 radical (unpaired) electrons. The number of nitriles is 1. The van der Waals surface area contributed by atoms with E-state index in [0.717, 1.165) is 37.2 Å². The van der Waals surface area contributed by atoms with Gasteiger partial charge in [0.15, 0.2) is 5.82 Å². The van der Waals surface area contributed by atoms with E-state index in [9.17, 15) is 5.26 Å². The van der Waals surface area contributed by atoms with Gasteiger partial charge in [0.05, 0.1) is 5.57 Å². The van der Waals surface area contributed by atoms with Crippen LogP contribution in [0.1, 0.15) is 67.8 Å². The Hall–Kier alpha value is -2.35. The first-order valence-corrected chi connectivity index (χ1v) is 8.75. The maximum Gasteiger partial charge on any atom is 0.174 e. The molecule has 0 aromatic carbocycles. The average molecular weight is 323 g/mol. The van der Waals surface area contributed by atoms with Crippen LogP contribution in [0.25, 0.3) is 11.6 Å². The van der Waals surface area contributed by atoms with Crippen LogP contribution in [0.15, 0.2) is 6.07 Å². The van der Waals surface area contributed by atoms with E-state index < -0.39 is 0 Å². The predicted octanol–water partition coefficient (Wildman–Crippen LogP) is 4.07. The fourth-order valence-electron chi connectivity index (χ4n) is 3.73. The van der Waals surface area contributed by atoms with Gasteiger partial charge in [0.2, 0.25) is 0 Å². The molecule has 0 amide bonds. The topological polar surface area (TPSA) is 59.4 Å². The van der Waals surface area contributed by atoms with E-state index in [1.54, 1.807) is 0 Å². The summed E-state index contributed by atoms with van der Waals surface area (Å²) in [5, 5.41) is 18.3. The molecule has 2 aromatic rings. The third kappa shape index (κ3) is 2.89. The van der Waals surface area contributed by atoms with Crippen LogP contribution in [-0.2, 0) is 13.0 Å². The van der Waals surface area contributed by atoms with Gasteiger partial charge in [-0.3, -0.25) is 0 Å². The summed E-state index contributed by atoms with van der Waals surface area (Å²) in [7, 11) is 0. The Kier molecular flexibility index (Phi) is 4.57. The van der Waals surface area contributed by atoms with E-state index in [-0.39, 0.29) is 0 Å². The molecule has 0 spiro atoms. The van der Waals surface area contributed by atoms with Crippen molar-refractivity contribution in [2.24, 2.45) is 0 Å². The summed E-state index contributed by atoms with van der Waals surface area (Å²) in [5.74, 6) is 1.72. The molecule has 0 fully saturated rings. The van der Waals surface area contributed by atoms with Gasteiger partial charge in [-0.15, -0.1) is 10.2 Å². The molecular formula is C19H25N5. The first kappa shape index (κ1) is 16.5. The van der Waals surface area contributed by atoms with Crippen LogP contribution in [-0.4, -0.2) is 19.3 Å². The summed E-state index contributed by atoms with van der Waals surface area (Å²) in [6.07, 6.45) is 6.40.